The third-order valence-electron chi connectivity index (χ3n) is 2.57. The van der Waals surface area contributed by atoms with Gasteiger partial charge in [-0.2, -0.15) is 0 Å². The molecule has 1 heterocycles. The van der Waals surface area contributed by atoms with Gasteiger partial charge in [-0.3, -0.25) is 0 Å². The lowest BCUT2D eigenvalue weighted by atomic mass is 10.1. The molecule has 1 aromatic carbocycles. The molecule has 2 atom stereocenters. The highest BCUT2D eigenvalue weighted by molar-refractivity contribution is 5.76. The van der Waals surface area contributed by atoms with E-state index in [9.17, 15) is 9.90 Å². The molecule has 0 aliphatic carbocycles. The minimum absolute atomic E-state index is 0.240. The number of hydrogen-bond acceptors (Lipinski definition) is 4. The minimum atomic E-state index is -1.03. The fraction of sp³-hybridized carbons (Fsp3) is 0.417. The molecule has 0 bridgehead atoms. The Bertz CT molecular complexity index is 349. The van der Waals surface area contributed by atoms with Crippen molar-refractivity contribution < 1.29 is 19.4 Å². The Morgan fingerprint density at radius 2 is 2.12 bits per heavy atom. The molecule has 1 aromatic rings. The van der Waals surface area contributed by atoms with Gasteiger partial charge in [0.15, 0.2) is 6.10 Å². The maximum atomic E-state index is 10.9. The van der Waals surface area contributed by atoms with Crippen LogP contribution in [0.1, 0.15) is 5.56 Å². The molecule has 1 N–H and O–H groups in total. The zero-order chi connectivity index (χ0) is 11.4. The van der Waals surface area contributed by atoms with Gasteiger partial charge in [-0.05, 0) is 5.56 Å². The number of hydrogen-bond donors (Lipinski definition) is 1. The van der Waals surface area contributed by atoms with E-state index in [1.807, 2.05) is 30.3 Å². The van der Waals surface area contributed by atoms with Gasteiger partial charge in [0.25, 0.3) is 0 Å². The summed E-state index contributed by atoms with van der Waals surface area (Å²) in [5.41, 5.74) is 1.07. The molecule has 0 aromatic heterocycles. The van der Waals surface area contributed by atoms with Crippen molar-refractivity contribution in [2.24, 2.45) is 5.92 Å². The summed E-state index contributed by atoms with van der Waals surface area (Å²) in [6, 6.07) is 9.75. The summed E-state index contributed by atoms with van der Waals surface area (Å²) in [4.78, 5) is 10.9. The fourth-order valence-electron chi connectivity index (χ4n) is 1.60. The number of benzene rings is 1. The Hall–Kier alpha value is -1.39. The van der Waals surface area contributed by atoms with Gasteiger partial charge >= 0.3 is 5.97 Å². The van der Waals surface area contributed by atoms with Crippen LogP contribution in [0.4, 0.5) is 0 Å². The molecule has 0 spiro atoms. The van der Waals surface area contributed by atoms with E-state index in [-0.39, 0.29) is 12.5 Å². The summed E-state index contributed by atoms with van der Waals surface area (Å²) in [6.07, 6.45) is -1.03. The predicted molar refractivity (Wildman–Crippen MR) is 56.6 cm³/mol. The standard InChI is InChI=1S/C12H14O4/c13-11-10(8-16-12(11)14)7-15-6-9-4-2-1-3-5-9/h1-5,10-11,13H,6-8H2/t10?,11-/m1/s1. The van der Waals surface area contributed by atoms with E-state index in [0.29, 0.717) is 13.2 Å². The monoisotopic (exact) mass is 222 g/mol. The van der Waals surface area contributed by atoms with Crippen LogP contribution in [0.2, 0.25) is 0 Å². The van der Waals surface area contributed by atoms with Gasteiger partial charge in [0.2, 0.25) is 0 Å². The summed E-state index contributed by atoms with van der Waals surface area (Å²) >= 11 is 0. The number of carbonyl (C=O) groups is 1. The van der Waals surface area contributed by atoms with Crippen molar-refractivity contribution in [2.45, 2.75) is 12.7 Å². The number of carbonyl (C=O) groups excluding carboxylic acids is 1. The van der Waals surface area contributed by atoms with E-state index in [1.165, 1.54) is 0 Å². The first-order valence-corrected chi connectivity index (χ1v) is 5.24. The molecule has 0 saturated carbocycles. The molecule has 86 valence electrons. The van der Waals surface area contributed by atoms with Crippen molar-refractivity contribution in [2.75, 3.05) is 13.2 Å². The summed E-state index contributed by atoms with van der Waals surface area (Å²) < 4.78 is 10.1. The average molecular weight is 222 g/mol. The van der Waals surface area contributed by atoms with Gasteiger partial charge in [-0.1, -0.05) is 30.3 Å². The topological polar surface area (TPSA) is 55.8 Å². The van der Waals surface area contributed by atoms with Gasteiger partial charge in [-0.15, -0.1) is 0 Å². The maximum Gasteiger partial charge on any atom is 0.335 e. The summed E-state index contributed by atoms with van der Waals surface area (Å²) in [5, 5.41) is 9.40. The molecule has 4 heteroatoms. The maximum absolute atomic E-state index is 10.9. The van der Waals surface area contributed by atoms with E-state index in [1.54, 1.807) is 0 Å². The van der Waals surface area contributed by atoms with Crippen LogP contribution in [0, 0.1) is 5.92 Å². The third kappa shape index (κ3) is 2.59. The highest BCUT2D eigenvalue weighted by Gasteiger charge is 2.35. The largest absolute Gasteiger partial charge is 0.463 e. The first-order chi connectivity index (χ1) is 7.77. The summed E-state index contributed by atoms with van der Waals surface area (Å²) in [6.45, 7) is 1.06. The molecule has 0 radical (unpaired) electrons. The van der Waals surface area contributed by atoms with Gasteiger partial charge in [0.1, 0.15) is 0 Å². The minimum Gasteiger partial charge on any atom is -0.463 e. The predicted octanol–water partition coefficient (Wildman–Crippen LogP) is 0.737. The second-order valence-electron chi connectivity index (χ2n) is 3.84. The molecule has 1 saturated heterocycles. The lowest BCUT2D eigenvalue weighted by Crippen LogP contribution is -2.25. The zero-order valence-electron chi connectivity index (χ0n) is 8.83. The number of aliphatic hydroxyl groups is 1. The fourth-order valence-corrected chi connectivity index (χ4v) is 1.60. The molecular formula is C12H14O4. The van der Waals surface area contributed by atoms with Crippen molar-refractivity contribution in [3.63, 3.8) is 0 Å². The molecule has 1 aliphatic rings. The Morgan fingerprint density at radius 3 is 2.75 bits per heavy atom. The first kappa shape index (κ1) is 11.1. The van der Waals surface area contributed by atoms with Crippen LogP contribution in [0.3, 0.4) is 0 Å². The SMILES string of the molecule is O=C1OCC(COCc2ccccc2)[C@H]1O. The lowest BCUT2D eigenvalue weighted by molar-refractivity contribution is -0.144. The van der Waals surface area contributed by atoms with Crippen molar-refractivity contribution >= 4 is 5.97 Å². The second-order valence-corrected chi connectivity index (χ2v) is 3.84. The molecular weight excluding hydrogens is 208 g/mol. The Kier molecular flexibility index (Phi) is 3.54. The van der Waals surface area contributed by atoms with Crippen molar-refractivity contribution in [1.82, 2.24) is 0 Å². The van der Waals surface area contributed by atoms with E-state index in [2.05, 4.69) is 0 Å². The molecule has 16 heavy (non-hydrogen) atoms. The molecule has 1 unspecified atom stereocenters. The van der Waals surface area contributed by atoms with Crippen molar-refractivity contribution in [3.8, 4) is 0 Å². The van der Waals surface area contributed by atoms with E-state index in [4.69, 9.17) is 9.47 Å². The third-order valence-corrected chi connectivity index (χ3v) is 2.57. The number of aliphatic hydroxyl groups excluding tert-OH is 1. The number of cyclic esters (lactones) is 1. The van der Waals surface area contributed by atoms with Crippen molar-refractivity contribution in [3.05, 3.63) is 35.9 Å². The summed E-state index contributed by atoms with van der Waals surface area (Å²) in [5.74, 6) is -0.787. The lowest BCUT2D eigenvalue weighted by Gasteiger charge is -2.10. The van der Waals surface area contributed by atoms with Crippen LogP contribution in [0.15, 0.2) is 30.3 Å². The van der Waals surface area contributed by atoms with Crippen molar-refractivity contribution in [1.29, 1.82) is 0 Å². The molecule has 4 nitrogen and oxygen atoms in total. The second kappa shape index (κ2) is 5.09. The molecule has 0 amide bonds. The van der Waals surface area contributed by atoms with Gasteiger partial charge < -0.3 is 14.6 Å². The number of ether oxygens (including phenoxy) is 2. The Labute approximate surface area is 93.8 Å². The van der Waals surface area contributed by atoms with Crippen LogP contribution in [0.25, 0.3) is 0 Å². The van der Waals surface area contributed by atoms with Crippen LogP contribution < -0.4 is 0 Å². The van der Waals surface area contributed by atoms with Gasteiger partial charge in [0.05, 0.1) is 25.7 Å². The van der Waals surface area contributed by atoms with Gasteiger partial charge in [0, 0.05) is 0 Å². The molecule has 2 rings (SSSR count). The zero-order valence-corrected chi connectivity index (χ0v) is 8.83. The summed E-state index contributed by atoms with van der Waals surface area (Å²) in [7, 11) is 0. The van der Waals surface area contributed by atoms with Gasteiger partial charge in [-0.25, -0.2) is 4.79 Å². The molecule has 1 fully saturated rings. The first-order valence-electron chi connectivity index (χ1n) is 5.24. The highest BCUT2D eigenvalue weighted by atomic mass is 16.6. The Balaban J connectivity index is 1.75. The van der Waals surface area contributed by atoms with Crippen LogP contribution in [-0.4, -0.2) is 30.4 Å². The number of esters is 1. The number of rotatable bonds is 4. The van der Waals surface area contributed by atoms with Crippen LogP contribution in [0.5, 0.6) is 0 Å². The smallest absolute Gasteiger partial charge is 0.335 e. The van der Waals surface area contributed by atoms with E-state index in [0.717, 1.165) is 5.56 Å². The quantitative estimate of drug-likeness (QED) is 0.763. The normalized spacial score (nSPS) is 24.4. The Morgan fingerprint density at radius 1 is 1.38 bits per heavy atom. The van der Waals surface area contributed by atoms with E-state index < -0.39 is 12.1 Å². The highest BCUT2D eigenvalue weighted by Crippen LogP contribution is 2.15. The van der Waals surface area contributed by atoms with Crippen LogP contribution >= 0.6 is 0 Å². The molecule has 1 aliphatic heterocycles. The average Bonchev–Trinajstić information content (AvgIpc) is 2.62. The van der Waals surface area contributed by atoms with E-state index >= 15 is 0 Å². The van der Waals surface area contributed by atoms with Crippen LogP contribution in [-0.2, 0) is 20.9 Å².